The maximum atomic E-state index is 4.67. The first-order chi connectivity index (χ1) is 10.3. The number of hydrogen-bond acceptors (Lipinski definition) is 2. The Labute approximate surface area is 125 Å². The lowest BCUT2D eigenvalue weighted by molar-refractivity contribution is 0.675. The molecule has 0 saturated heterocycles. The molecule has 0 amide bonds. The van der Waals surface area contributed by atoms with Crippen LogP contribution < -0.4 is 5.32 Å². The SMILES string of the molecule is Cc1ccccc1CCNCc1ccc2ccccc2n1. The summed E-state index contributed by atoms with van der Waals surface area (Å²) in [6.45, 7) is 3.95. The van der Waals surface area contributed by atoms with E-state index < -0.39 is 0 Å². The van der Waals surface area contributed by atoms with Crippen molar-refractivity contribution in [1.82, 2.24) is 10.3 Å². The lowest BCUT2D eigenvalue weighted by Gasteiger charge is -2.07. The Balaban J connectivity index is 1.56. The van der Waals surface area contributed by atoms with E-state index in [4.69, 9.17) is 0 Å². The molecule has 2 nitrogen and oxygen atoms in total. The largest absolute Gasteiger partial charge is 0.311 e. The Morgan fingerprint density at radius 1 is 0.905 bits per heavy atom. The van der Waals surface area contributed by atoms with Crippen LogP contribution in [0.2, 0.25) is 0 Å². The van der Waals surface area contributed by atoms with Crippen molar-refractivity contribution < 1.29 is 0 Å². The fraction of sp³-hybridized carbons (Fsp3) is 0.211. The Morgan fingerprint density at radius 2 is 1.71 bits per heavy atom. The van der Waals surface area contributed by atoms with Crippen LogP contribution in [-0.4, -0.2) is 11.5 Å². The number of aryl methyl sites for hydroxylation is 1. The lowest BCUT2D eigenvalue weighted by atomic mass is 10.1. The van der Waals surface area contributed by atoms with Gasteiger partial charge in [-0.3, -0.25) is 4.98 Å². The molecular formula is C19H20N2. The molecule has 3 rings (SSSR count). The summed E-state index contributed by atoms with van der Waals surface area (Å²) < 4.78 is 0. The fourth-order valence-electron chi connectivity index (χ4n) is 2.54. The summed E-state index contributed by atoms with van der Waals surface area (Å²) in [5.74, 6) is 0. The molecule has 0 aliphatic heterocycles. The Morgan fingerprint density at radius 3 is 2.62 bits per heavy atom. The van der Waals surface area contributed by atoms with E-state index in [1.165, 1.54) is 16.5 Å². The van der Waals surface area contributed by atoms with E-state index in [0.29, 0.717) is 0 Å². The third-order valence-electron chi connectivity index (χ3n) is 3.79. The van der Waals surface area contributed by atoms with Crippen molar-refractivity contribution in [2.75, 3.05) is 6.54 Å². The van der Waals surface area contributed by atoms with Gasteiger partial charge in [0, 0.05) is 11.9 Å². The monoisotopic (exact) mass is 276 g/mol. The summed E-state index contributed by atoms with van der Waals surface area (Å²) in [5.41, 5.74) is 4.94. The summed E-state index contributed by atoms with van der Waals surface area (Å²) in [7, 11) is 0. The number of fused-ring (bicyclic) bond motifs is 1. The Kier molecular flexibility index (Phi) is 4.27. The molecule has 1 heterocycles. The first-order valence-electron chi connectivity index (χ1n) is 7.43. The van der Waals surface area contributed by atoms with Gasteiger partial charge >= 0.3 is 0 Å². The summed E-state index contributed by atoms with van der Waals surface area (Å²) in [4.78, 5) is 4.67. The molecule has 0 bridgehead atoms. The van der Waals surface area contributed by atoms with Gasteiger partial charge in [-0.05, 0) is 43.1 Å². The minimum atomic E-state index is 0.816. The Bertz CT molecular complexity index is 734. The molecule has 106 valence electrons. The van der Waals surface area contributed by atoms with Gasteiger partial charge in [-0.1, -0.05) is 48.5 Å². The number of benzene rings is 2. The van der Waals surface area contributed by atoms with Gasteiger partial charge in [0.2, 0.25) is 0 Å². The van der Waals surface area contributed by atoms with E-state index in [1.54, 1.807) is 0 Å². The number of aromatic nitrogens is 1. The lowest BCUT2D eigenvalue weighted by Crippen LogP contribution is -2.17. The normalized spacial score (nSPS) is 10.9. The maximum absolute atomic E-state index is 4.67. The van der Waals surface area contributed by atoms with Crippen molar-refractivity contribution in [3.8, 4) is 0 Å². The molecule has 1 N–H and O–H groups in total. The van der Waals surface area contributed by atoms with Gasteiger partial charge in [-0.2, -0.15) is 0 Å². The number of hydrogen-bond donors (Lipinski definition) is 1. The first kappa shape index (κ1) is 13.8. The summed E-state index contributed by atoms with van der Waals surface area (Å²) in [5, 5.41) is 4.68. The number of nitrogens with one attached hydrogen (secondary N) is 1. The molecule has 0 fully saturated rings. The van der Waals surface area contributed by atoms with Crippen LogP contribution in [-0.2, 0) is 13.0 Å². The third-order valence-corrected chi connectivity index (χ3v) is 3.79. The molecule has 0 radical (unpaired) electrons. The van der Waals surface area contributed by atoms with Gasteiger partial charge in [-0.25, -0.2) is 0 Å². The molecule has 2 aromatic carbocycles. The molecule has 21 heavy (non-hydrogen) atoms. The zero-order chi connectivity index (χ0) is 14.5. The number of nitrogens with zero attached hydrogens (tertiary/aromatic N) is 1. The van der Waals surface area contributed by atoms with Crippen molar-refractivity contribution in [3.63, 3.8) is 0 Å². The van der Waals surface area contributed by atoms with Gasteiger partial charge in [0.05, 0.1) is 11.2 Å². The van der Waals surface area contributed by atoms with Crippen LogP contribution in [0, 0.1) is 6.92 Å². The second-order valence-electron chi connectivity index (χ2n) is 5.35. The van der Waals surface area contributed by atoms with Gasteiger partial charge in [0.1, 0.15) is 0 Å². The minimum absolute atomic E-state index is 0.816. The molecule has 0 aliphatic carbocycles. The number of pyridine rings is 1. The summed E-state index contributed by atoms with van der Waals surface area (Å²) in [6.07, 6.45) is 1.06. The van der Waals surface area contributed by atoms with Crippen molar-refractivity contribution in [2.24, 2.45) is 0 Å². The van der Waals surface area contributed by atoms with E-state index >= 15 is 0 Å². The van der Waals surface area contributed by atoms with Crippen molar-refractivity contribution in [3.05, 3.63) is 77.5 Å². The van der Waals surface area contributed by atoms with E-state index in [0.717, 1.165) is 30.7 Å². The quantitative estimate of drug-likeness (QED) is 0.715. The molecule has 1 aromatic heterocycles. The first-order valence-corrected chi connectivity index (χ1v) is 7.43. The average Bonchev–Trinajstić information content (AvgIpc) is 2.53. The predicted octanol–water partition coefficient (Wildman–Crippen LogP) is 3.88. The van der Waals surface area contributed by atoms with Crippen LogP contribution in [0.3, 0.4) is 0 Å². The van der Waals surface area contributed by atoms with Crippen LogP contribution in [0.15, 0.2) is 60.7 Å². The molecule has 3 aromatic rings. The summed E-state index contributed by atoms with van der Waals surface area (Å²) >= 11 is 0. The minimum Gasteiger partial charge on any atom is -0.311 e. The van der Waals surface area contributed by atoms with Crippen LogP contribution >= 0.6 is 0 Å². The van der Waals surface area contributed by atoms with E-state index in [-0.39, 0.29) is 0 Å². The van der Waals surface area contributed by atoms with Crippen LogP contribution in [0.4, 0.5) is 0 Å². The second kappa shape index (κ2) is 6.51. The van der Waals surface area contributed by atoms with Crippen molar-refractivity contribution in [2.45, 2.75) is 19.9 Å². The maximum Gasteiger partial charge on any atom is 0.0705 e. The second-order valence-corrected chi connectivity index (χ2v) is 5.35. The van der Waals surface area contributed by atoms with E-state index in [2.05, 4.69) is 65.8 Å². The standard InChI is InChI=1S/C19H20N2/c1-15-6-2-3-7-16(15)12-13-20-14-18-11-10-17-8-4-5-9-19(17)21-18/h2-11,20H,12-14H2,1H3. The predicted molar refractivity (Wildman–Crippen MR) is 88.3 cm³/mol. The highest BCUT2D eigenvalue weighted by Crippen LogP contribution is 2.11. The van der Waals surface area contributed by atoms with Gasteiger partial charge in [-0.15, -0.1) is 0 Å². The van der Waals surface area contributed by atoms with Gasteiger partial charge in [0.15, 0.2) is 0 Å². The smallest absolute Gasteiger partial charge is 0.0705 e. The van der Waals surface area contributed by atoms with Gasteiger partial charge in [0.25, 0.3) is 0 Å². The summed E-state index contributed by atoms with van der Waals surface area (Å²) in [6, 6.07) is 21.0. The highest BCUT2D eigenvalue weighted by Gasteiger charge is 1.99. The third kappa shape index (κ3) is 3.47. The van der Waals surface area contributed by atoms with Gasteiger partial charge < -0.3 is 5.32 Å². The van der Waals surface area contributed by atoms with Crippen LogP contribution in [0.25, 0.3) is 10.9 Å². The van der Waals surface area contributed by atoms with E-state index in [9.17, 15) is 0 Å². The molecule has 0 saturated carbocycles. The molecule has 0 unspecified atom stereocenters. The zero-order valence-corrected chi connectivity index (χ0v) is 12.3. The van der Waals surface area contributed by atoms with E-state index in [1.807, 2.05) is 12.1 Å². The number of rotatable bonds is 5. The highest BCUT2D eigenvalue weighted by atomic mass is 14.9. The van der Waals surface area contributed by atoms with Crippen LogP contribution in [0.5, 0.6) is 0 Å². The molecule has 0 aliphatic rings. The fourth-order valence-corrected chi connectivity index (χ4v) is 2.54. The van der Waals surface area contributed by atoms with Crippen molar-refractivity contribution >= 4 is 10.9 Å². The zero-order valence-electron chi connectivity index (χ0n) is 12.3. The molecule has 0 spiro atoms. The molecule has 0 atom stereocenters. The highest BCUT2D eigenvalue weighted by molar-refractivity contribution is 5.78. The molecular weight excluding hydrogens is 256 g/mol. The van der Waals surface area contributed by atoms with Crippen LogP contribution in [0.1, 0.15) is 16.8 Å². The molecule has 2 heteroatoms. The average molecular weight is 276 g/mol. The Hall–Kier alpha value is -2.19. The van der Waals surface area contributed by atoms with Crippen molar-refractivity contribution in [1.29, 1.82) is 0 Å². The number of para-hydroxylation sites is 1. The topological polar surface area (TPSA) is 24.9 Å².